The van der Waals surface area contributed by atoms with E-state index >= 15 is 0 Å². The van der Waals surface area contributed by atoms with E-state index in [9.17, 15) is 8.78 Å². The van der Waals surface area contributed by atoms with E-state index < -0.39 is 19.0 Å². The van der Waals surface area contributed by atoms with E-state index in [4.69, 9.17) is 5.11 Å². The highest BCUT2D eigenvalue weighted by Gasteiger charge is 2.05. The van der Waals surface area contributed by atoms with Gasteiger partial charge in [0.15, 0.2) is 0 Å². The molecule has 0 bridgehead atoms. The highest BCUT2D eigenvalue weighted by atomic mass is 19.3. The molecule has 0 aliphatic heterocycles. The molecule has 1 atom stereocenters. The van der Waals surface area contributed by atoms with E-state index in [-0.39, 0.29) is 0 Å². The quantitative estimate of drug-likeness (QED) is 0.562. The summed E-state index contributed by atoms with van der Waals surface area (Å²) in [5.41, 5.74) is 0. The molecule has 0 radical (unpaired) electrons. The van der Waals surface area contributed by atoms with Gasteiger partial charge in [-0.1, -0.05) is 0 Å². The Labute approximate surface area is 41.0 Å². The third-order valence-corrected chi connectivity index (χ3v) is 0.519. The number of hydrogen-bond acceptors (Lipinski definition) is 1. The largest absolute Gasteiger partial charge is 0.393 e. The van der Waals surface area contributed by atoms with E-state index in [1.54, 1.807) is 0 Å². The maximum absolute atomic E-state index is 11.1. The van der Waals surface area contributed by atoms with Crippen LogP contribution in [-0.4, -0.2) is 17.6 Å². The molecule has 0 aromatic heterocycles. The molecule has 0 aliphatic carbocycles. The Kier molecular flexibility index (Phi) is 2.83. The zero-order valence-corrected chi connectivity index (χ0v) is 4.06. The minimum Gasteiger partial charge on any atom is -0.393 e. The van der Waals surface area contributed by atoms with E-state index in [1.807, 2.05) is 0 Å². The van der Waals surface area contributed by atoms with Gasteiger partial charge in [0, 0.05) is 6.42 Å². The third kappa shape index (κ3) is 5.82. The summed E-state index contributed by atoms with van der Waals surface area (Å²) in [4.78, 5) is 0. The fourth-order valence-corrected chi connectivity index (χ4v) is 0.258. The van der Waals surface area contributed by atoms with Crippen LogP contribution in [0.3, 0.4) is 0 Å². The lowest BCUT2D eigenvalue weighted by Gasteiger charge is -1.98. The van der Waals surface area contributed by atoms with Crippen LogP contribution in [0, 0.1) is 0 Å². The zero-order chi connectivity index (χ0) is 5.86. The number of alkyl halides is 2. The summed E-state index contributed by atoms with van der Waals surface area (Å²) >= 11 is 0. The molecule has 1 N–H and O–H groups in total. The first-order chi connectivity index (χ1) is 3.13. The maximum atomic E-state index is 11.1. The van der Waals surface area contributed by atoms with Crippen LogP contribution >= 0.6 is 0 Å². The third-order valence-electron chi connectivity index (χ3n) is 0.519. The first-order valence-electron chi connectivity index (χ1n) is 2.09. The molecule has 0 rings (SSSR count). The van der Waals surface area contributed by atoms with Gasteiger partial charge in [0.1, 0.15) is 0 Å². The minimum absolute atomic E-state index is 0.417. The number of aliphatic hydroxyl groups excluding tert-OH is 1. The average molecular weight is 110 g/mol. The topological polar surface area (TPSA) is 20.2 Å². The number of halogens is 2. The van der Waals surface area contributed by atoms with E-state index in [2.05, 4.69) is 0 Å². The highest BCUT2D eigenvalue weighted by Crippen LogP contribution is 2.01. The molecule has 0 heterocycles. The van der Waals surface area contributed by atoms with Gasteiger partial charge in [-0.15, -0.1) is 0 Å². The molecule has 3 heteroatoms. The Morgan fingerprint density at radius 1 is 1.57 bits per heavy atom. The van der Waals surface area contributed by atoms with Crippen molar-refractivity contribution in [3.8, 4) is 0 Å². The molecule has 0 saturated heterocycles. The number of hydrogen-bond donors (Lipinski definition) is 1. The molecule has 0 unspecified atom stereocenters. The molecular weight excluding hydrogens is 102 g/mol. The molecule has 0 spiro atoms. The van der Waals surface area contributed by atoms with Gasteiger partial charge in [0.25, 0.3) is 0 Å². The van der Waals surface area contributed by atoms with Crippen molar-refractivity contribution in [2.45, 2.75) is 25.9 Å². The molecular formula is C4H8F2O. The van der Waals surface area contributed by atoms with Crippen LogP contribution in [-0.2, 0) is 0 Å². The Morgan fingerprint density at radius 2 is 2.00 bits per heavy atom. The summed E-state index contributed by atoms with van der Waals surface area (Å²) in [6, 6.07) is 0. The summed E-state index contributed by atoms with van der Waals surface area (Å²) in [6.45, 7) is 1.34. The SMILES string of the molecule is C[C@H](O)CC(F)F. The van der Waals surface area contributed by atoms with Crippen molar-refractivity contribution in [2.24, 2.45) is 0 Å². The van der Waals surface area contributed by atoms with Crippen LogP contribution in [0.15, 0.2) is 0 Å². The zero-order valence-electron chi connectivity index (χ0n) is 4.06. The predicted octanol–water partition coefficient (Wildman–Crippen LogP) is 1.02. The Morgan fingerprint density at radius 3 is 2.00 bits per heavy atom. The molecule has 0 aromatic rings. The van der Waals surface area contributed by atoms with Crippen molar-refractivity contribution in [1.82, 2.24) is 0 Å². The molecule has 0 aliphatic rings. The first-order valence-corrected chi connectivity index (χ1v) is 2.09. The van der Waals surface area contributed by atoms with Crippen LogP contribution in [0.5, 0.6) is 0 Å². The van der Waals surface area contributed by atoms with E-state index in [0.717, 1.165) is 0 Å². The van der Waals surface area contributed by atoms with Crippen molar-refractivity contribution >= 4 is 0 Å². The van der Waals surface area contributed by atoms with Crippen LogP contribution in [0.4, 0.5) is 8.78 Å². The number of aliphatic hydroxyl groups is 1. The molecule has 0 amide bonds. The van der Waals surface area contributed by atoms with E-state index in [0.29, 0.717) is 0 Å². The summed E-state index contributed by atoms with van der Waals surface area (Å²) in [5, 5.41) is 8.24. The summed E-state index contributed by atoms with van der Waals surface area (Å²) in [5.74, 6) is 0. The van der Waals surface area contributed by atoms with Crippen LogP contribution in [0.25, 0.3) is 0 Å². The highest BCUT2D eigenvalue weighted by molar-refractivity contribution is 4.46. The van der Waals surface area contributed by atoms with Crippen molar-refractivity contribution in [1.29, 1.82) is 0 Å². The predicted molar refractivity (Wildman–Crippen MR) is 22.3 cm³/mol. The molecule has 0 fully saturated rings. The van der Waals surface area contributed by atoms with Crippen LogP contribution in [0.1, 0.15) is 13.3 Å². The summed E-state index contributed by atoms with van der Waals surface area (Å²) in [6.07, 6.45) is -3.67. The van der Waals surface area contributed by atoms with Gasteiger partial charge in [-0.3, -0.25) is 0 Å². The first kappa shape index (κ1) is 6.82. The monoisotopic (exact) mass is 110 g/mol. The van der Waals surface area contributed by atoms with Crippen LogP contribution in [0.2, 0.25) is 0 Å². The van der Waals surface area contributed by atoms with Crippen molar-refractivity contribution in [2.75, 3.05) is 0 Å². The molecule has 44 valence electrons. The van der Waals surface area contributed by atoms with Gasteiger partial charge in [-0.2, -0.15) is 0 Å². The fourth-order valence-electron chi connectivity index (χ4n) is 0.258. The van der Waals surface area contributed by atoms with Gasteiger partial charge in [0.2, 0.25) is 6.43 Å². The molecule has 7 heavy (non-hydrogen) atoms. The Bertz CT molecular complexity index is 39.0. The fraction of sp³-hybridized carbons (Fsp3) is 1.00. The van der Waals surface area contributed by atoms with Crippen LogP contribution < -0.4 is 0 Å². The maximum Gasteiger partial charge on any atom is 0.241 e. The number of rotatable bonds is 2. The van der Waals surface area contributed by atoms with Crippen molar-refractivity contribution < 1.29 is 13.9 Å². The second kappa shape index (κ2) is 2.91. The lowest BCUT2D eigenvalue weighted by atomic mass is 10.3. The standard InChI is InChI=1S/C4H8F2O/c1-3(7)2-4(5)6/h3-4,7H,2H2,1H3/t3-/m0/s1. The second-order valence-corrected chi connectivity index (χ2v) is 1.48. The molecule has 0 saturated carbocycles. The van der Waals surface area contributed by atoms with Gasteiger partial charge in [0.05, 0.1) is 6.10 Å². The summed E-state index contributed by atoms with van der Waals surface area (Å²) < 4.78 is 22.3. The average Bonchev–Trinajstić information content (AvgIpc) is 1.27. The Hall–Kier alpha value is -0.180. The molecule has 0 aromatic carbocycles. The van der Waals surface area contributed by atoms with E-state index in [1.165, 1.54) is 6.92 Å². The molecule has 1 nitrogen and oxygen atoms in total. The van der Waals surface area contributed by atoms with Gasteiger partial charge >= 0.3 is 0 Å². The lowest BCUT2D eigenvalue weighted by molar-refractivity contribution is 0.0704. The van der Waals surface area contributed by atoms with Gasteiger partial charge in [-0.25, -0.2) is 8.78 Å². The second-order valence-electron chi connectivity index (χ2n) is 1.48. The lowest BCUT2D eigenvalue weighted by Crippen LogP contribution is -2.05. The van der Waals surface area contributed by atoms with Crippen molar-refractivity contribution in [3.63, 3.8) is 0 Å². The van der Waals surface area contributed by atoms with Crippen molar-refractivity contribution in [3.05, 3.63) is 0 Å². The normalized spacial score (nSPS) is 15.0. The minimum atomic E-state index is -2.38. The Balaban J connectivity index is 2.95. The van der Waals surface area contributed by atoms with Gasteiger partial charge in [-0.05, 0) is 6.92 Å². The van der Waals surface area contributed by atoms with Gasteiger partial charge < -0.3 is 5.11 Å². The smallest absolute Gasteiger partial charge is 0.241 e. The summed E-state index contributed by atoms with van der Waals surface area (Å²) in [7, 11) is 0.